The number of aliphatic imine (C=N–C) groups is 1. The number of hydrogen-bond acceptors (Lipinski definition) is 4. The van der Waals surface area contributed by atoms with Gasteiger partial charge in [-0.2, -0.15) is 0 Å². The molecule has 1 aliphatic rings. The van der Waals surface area contributed by atoms with Crippen molar-refractivity contribution in [2.75, 3.05) is 18.0 Å². The topological polar surface area (TPSA) is 28.7 Å². The first-order valence-corrected chi connectivity index (χ1v) is 7.84. The van der Waals surface area contributed by atoms with E-state index in [0.29, 0.717) is 0 Å². The summed E-state index contributed by atoms with van der Waals surface area (Å²) in [6, 6.07) is 9.69. The molecule has 0 bridgehead atoms. The molecule has 104 valence electrons. The molecule has 0 atom stereocenters. The molecule has 2 heterocycles. The molecule has 0 amide bonds. The second-order valence-corrected chi connectivity index (χ2v) is 6.08. The Kier molecular flexibility index (Phi) is 4.17. The zero-order valence-electron chi connectivity index (χ0n) is 10.9. The van der Waals surface area contributed by atoms with Crippen LogP contribution in [0.4, 0.5) is 11.6 Å². The van der Waals surface area contributed by atoms with Crippen molar-refractivity contribution in [3.05, 3.63) is 40.6 Å². The van der Waals surface area contributed by atoms with E-state index in [1.54, 1.807) is 6.21 Å². The monoisotopic (exact) mass is 350 g/mol. The van der Waals surface area contributed by atoms with Crippen LogP contribution in [0.25, 0.3) is 0 Å². The van der Waals surface area contributed by atoms with Crippen LogP contribution in [0.1, 0.15) is 18.6 Å². The van der Waals surface area contributed by atoms with Gasteiger partial charge in [0.1, 0.15) is 5.76 Å². The van der Waals surface area contributed by atoms with Crippen molar-refractivity contribution in [2.45, 2.75) is 17.7 Å². The predicted octanol–water partition coefficient (Wildman–Crippen LogP) is 4.68. The summed E-state index contributed by atoms with van der Waals surface area (Å²) in [4.78, 5) is 7.54. The summed E-state index contributed by atoms with van der Waals surface area (Å²) in [7, 11) is 0. The van der Waals surface area contributed by atoms with Crippen LogP contribution in [-0.2, 0) is 0 Å². The van der Waals surface area contributed by atoms with Crippen molar-refractivity contribution >= 4 is 46.3 Å². The van der Waals surface area contributed by atoms with Gasteiger partial charge in [-0.05, 0) is 40.9 Å². The minimum absolute atomic E-state index is 0.746. The van der Waals surface area contributed by atoms with Crippen LogP contribution in [0.5, 0.6) is 0 Å². The van der Waals surface area contributed by atoms with E-state index in [-0.39, 0.29) is 0 Å². The van der Waals surface area contributed by atoms with Gasteiger partial charge >= 0.3 is 0 Å². The summed E-state index contributed by atoms with van der Waals surface area (Å²) >= 11 is 7.93. The van der Waals surface area contributed by atoms with Crippen molar-refractivity contribution < 1.29 is 4.42 Å². The minimum atomic E-state index is 0.746. The Balaban J connectivity index is 1.81. The van der Waals surface area contributed by atoms with Crippen LogP contribution in [0.15, 0.2) is 49.1 Å². The highest BCUT2D eigenvalue weighted by molar-refractivity contribution is 9.10. The van der Waals surface area contributed by atoms with E-state index >= 15 is 0 Å². The normalized spacial score (nSPS) is 15.4. The molecule has 0 saturated carbocycles. The Bertz CT molecular complexity index is 633. The van der Waals surface area contributed by atoms with Crippen molar-refractivity contribution in [2.24, 2.45) is 4.99 Å². The van der Waals surface area contributed by atoms with Gasteiger partial charge in [-0.3, -0.25) is 4.99 Å². The highest BCUT2D eigenvalue weighted by atomic mass is 79.9. The first kappa shape index (κ1) is 13.8. The van der Waals surface area contributed by atoms with Gasteiger partial charge in [-0.15, -0.1) is 12.6 Å². The number of thiol groups is 1. The molecule has 1 fully saturated rings. The quantitative estimate of drug-likeness (QED) is 0.642. The molecule has 3 nitrogen and oxygen atoms in total. The molecule has 1 aromatic heterocycles. The maximum atomic E-state index is 5.86. The summed E-state index contributed by atoms with van der Waals surface area (Å²) < 4.78 is 6.85. The van der Waals surface area contributed by atoms with E-state index in [0.717, 1.165) is 39.8 Å². The molecular weight excluding hydrogens is 336 g/mol. The number of halogens is 1. The van der Waals surface area contributed by atoms with Crippen LogP contribution in [-0.4, -0.2) is 19.3 Å². The van der Waals surface area contributed by atoms with Crippen LogP contribution in [0.3, 0.4) is 0 Å². The lowest BCUT2D eigenvalue weighted by molar-refractivity contribution is 0.549. The number of para-hydroxylation sites is 1. The fourth-order valence-corrected chi connectivity index (χ4v) is 3.06. The fraction of sp³-hybridized carbons (Fsp3) is 0.267. The van der Waals surface area contributed by atoms with Gasteiger partial charge in [-0.1, -0.05) is 12.1 Å². The number of furan rings is 1. The summed E-state index contributed by atoms with van der Waals surface area (Å²) in [5.74, 6) is 1.65. The SMILES string of the molecule is Sc1ccccc1N=Cc1cc(Br)c(N2CCCC2)o1. The number of nitrogens with zero attached hydrogens (tertiary/aromatic N) is 2. The van der Waals surface area contributed by atoms with Gasteiger partial charge in [-0.25, -0.2) is 0 Å². The Morgan fingerprint density at radius 1 is 1.25 bits per heavy atom. The third-order valence-electron chi connectivity index (χ3n) is 3.29. The summed E-state index contributed by atoms with van der Waals surface area (Å²) in [5, 5.41) is 0. The van der Waals surface area contributed by atoms with E-state index in [2.05, 4.69) is 38.5 Å². The zero-order chi connectivity index (χ0) is 13.9. The number of rotatable bonds is 3. The Morgan fingerprint density at radius 3 is 2.75 bits per heavy atom. The molecule has 0 unspecified atom stereocenters. The lowest BCUT2D eigenvalue weighted by Crippen LogP contribution is -2.17. The third kappa shape index (κ3) is 2.94. The van der Waals surface area contributed by atoms with E-state index in [4.69, 9.17) is 4.42 Å². The third-order valence-corrected chi connectivity index (χ3v) is 4.24. The van der Waals surface area contributed by atoms with Crippen molar-refractivity contribution in [3.8, 4) is 0 Å². The molecule has 1 aromatic carbocycles. The van der Waals surface area contributed by atoms with E-state index in [9.17, 15) is 0 Å². The predicted molar refractivity (Wildman–Crippen MR) is 88.8 cm³/mol. The lowest BCUT2D eigenvalue weighted by Gasteiger charge is -2.13. The van der Waals surface area contributed by atoms with Crippen LogP contribution in [0, 0.1) is 0 Å². The molecule has 1 aliphatic heterocycles. The van der Waals surface area contributed by atoms with Gasteiger partial charge in [0.05, 0.1) is 16.4 Å². The highest BCUT2D eigenvalue weighted by Gasteiger charge is 2.19. The minimum Gasteiger partial charge on any atom is -0.438 e. The first-order chi connectivity index (χ1) is 9.74. The fourth-order valence-electron chi connectivity index (χ4n) is 2.28. The van der Waals surface area contributed by atoms with Crippen molar-refractivity contribution in [1.82, 2.24) is 0 Å². The van der Waals surface area contributed by atoms with Gasteiger partial charge in [0, 0.05) is 24.1 Å². The van der Waals surface area contributed by atoms with E-state index < -0.39 is 0 Å². The standard InChI is InChI=1S/C15H15BrN2OS/c16-12-9-11(19-15(12)18-7-3-4-8-18)10-17-13-5-1-2-6-14(13)20/h1-2,5-6,9-10,20H,3-4,7-8H2. The average molecular weight is 351 g/mol. The highest BCUT2D eigenvalue weighted by Crippen LogP contribution is 2.32. The van der Waals surface area contributed by atoms with Crippen molar-refractivity contribution in [1.29, 1.82) is 0 Å². The number of benzene rings is 1. The number of hydrogen-bond donors (Lipinski definition) is 1. The van der Waals surface area contributed by atoms with Crippen LogP contribution in [0.2, 0.25) is 0 Å². The molecule has 1 saturated heterocycles. The van der Waals surface area contributed by atoms with Crippen LogP contribution < -0.4 is 4.90 Å². The average Bonchev–Trinajstić information content (AvgIpc) is 3.07. The Hall–Kier alpha value is -1.20. The molecule has 3 rings (SSSR count). The molecule has 2 aromatic rings. The second kappa shape index (κ2) is 6.06. The van der Waals surface area contributed by atoms with Gasteiger partial charge in [0.2, 0.25) is 5.88 Å². The molecule has 0 aliphatic carbocycles. The molecule has 0 spiro atoms. The summed E-state index contributed by atoms with van der Waals surface area (Å²) in [5.41, 5.74) is 0.839. The molecule has 0 radical (unpaired) electrons. The maximum absolute atomic E-state index is 5.86. The largest absolute Gasteiger partial charge is 0.438 e. The molecular formula is C15H15BrN2OS. The van der Waals surface area contributed by atoms with E-state index in [1.807, 2.05) is 30.3 Å². The van der Waals surface area contributed by atoms with E-state index in [1.165, 1.54) is 12.8 Å². The second-order valence-electron chi connectivity index (χ2n) is 4.74. The smallest absolute Gasteiger partial charge is 0.210 e. The van der Waals surface area contributed by atoms with Gasteiger partial charge in [0.25, 0.3) is 0 Å². The molecule has 20 heavy (non-hydrogen) atoms. The summed E-state index contributed by atoms with van der Waals surface area (Å²) in [6.45, 7) is 2.12. The molecule has 5 heteroatoms. The number of anilines is 1. The first-order valence-electron chi connectivity index (χ1n) is 6.60. The van der Waals surface area contributed by atoms with Gasteiger partial charge < -0.3 is 9.32 Å². The summed E-state index contributed by atoms with van der Waals surface area (Å²) in [6.07, 6.45) is 4.19. The molecule has 0 N–H and O–H groups in total. The van der Waals surface area contributed by atoms with Gasteiger partial charge in [0.15, 0.2) is 0 Å². The Morgan fingerprint density at radius 2 is 2.00 bits per heavy atom. The van der Waals surface area contributed by atoms with Crippen molar-refractivity contribution in [3.63, 3.8) is 0 Å². The maximum Gasteiger partial charge on any atom is 0.210 e. The van der Waals surface area contributed by atoms with Crippen LogP contribution >= 0.6 is 28.6 Å². The Labute approximate surface area is 132 Å². The lowest BCUT2D eigenvalue weighted by atomic mass is 10.3. The zero-order valence-corrected chi connectivity index (χ0v) is 13.4.